The van der Waals surface area contributed by atoms with E-state index in [2.05, 4.69) is 5.32 Å². The lowest BCUT2D eigenvalue weighted by Crippen LogP contribution is -2.50. The summed E-state index contributed by atoms with van der Waals surface area (Å²) in [7, 11) is 0. The number of nitrogens with one attached hydrogen (secondary N) is 1. The van der Waals surface area contributed by atoms with Crippen LogP contribution in [0, 0.1) is 0 Å². The van der Waals surface area contributed by atoms with E-state index < -0.39 is 11.9 Å². The second-order valence-electron chi connectivity index (χ2n) is 4.60. The van der Waals surface area contributed by atoms with Gasteiger partial charge in [0.15, 0.2) is 0 Å². The third kappa shape index (κ3) is 3.03. The number of nitrogens with zero attached hydrogens (tertiary/aromatic N) is 1. The number of anilines is 1. The molecule has 0 spiro atoms. The number of primary amides is 1. The first kappa shape index (κ1) is 13.4. The van der Waals surface area contributed by atoms with Crippen LogP contribution in [0.2, 0.25) is 0 Å². The van der Waals surface area contributed by atoms with E-state index in [1.807, 2.05) is 29.2 Å². The smallest absolute Gasteiger partial charge is 0.318 e. The van der Waals surface area contributed by atoms with Crippen molar-refractivity contribution < 1.29 is 9.59 Å². The zero-order valence-corrected chi connectivity index (χ0v) is 10.6. The summed E-state index contributed by atoms with van der Waals surface area (Å²) in [6, 6.07) is 7.18. The third-order valence-electron chi connectivity index (χ3n) is 3.34. The zero-order chi connectivity index (χ0) is 13.8. The number of nitrogens with two attached hydrogens (primary N) is 2. The minimum Gasteiger partial charge on any atom is -0.358 e. The topological polar surface area (TPSA) is 101 Å². The Bertz CT molecular complexity index is 489. The number of carbonyl (C=O) groups excluding carboxylic acids is 2. The minimum absolute atomic E-state index is 0.0851. The van der Waals surface area contributed by atoms with Crippen molar-refractivity contribution in [1.82, 2.24) is 5.32 Å². The summed E-state index contributed by atoms with van der Waals surface area (Å²) in [6.45, 7) is 0.556. The van der Waals surface area contributed by atoms with Gasteiger partial charge in [0.05, 0.1) is 6.54 Å². The molecule has 0 saturated carbocycles. The molecule has 6 nitrogen and oxygen atoms in total. The van der Waals surface area contributed by atoms with Gasteiger partial charge in [-0.3, -0.25) is 10.1 Å². The molecular formula is C13H18N4O2. The summed E-state index contributed by atoms with van der Waals surface area (Å²) in [5.41, 5.74) is 12.9. The molecule has 1 heterocycles. The molecule has 102 valence electrons. The van der Waals surface area contributed by atoms with E-state index in [1.54, 1.807) is 0 Å². The fourth-order valence-corrected chi connectivity index (χ4v) is 2.47. The molecule has 19 heavy (non-hydrogen) atoms. The molecule has 1 aromatic carbocycles. The Morgan fingerprint density at radius 3 is 2.79 bits per heavy atom. The Morgan fingerprint density at radius 2 is 2.11 bits per heavy atom. The Kier molecular flexibility index (Phi) is 4.01. The number of hydrogen-bond acceptors (Lipinski definition) is 4. The van der Waals surface area contributed by atoms with Crippen molar-refractivity contribution in [2.75, 3.05) is 18.0 Å². The van der Waals surface area contributed by atoms with Crippen molar-refractivity contribution in [1.29, 1.82) is 0 Å². The van der Waals surface area contributed by atoms with E-state index in [-0.39, 0.29) is 12.6 Å². The molecule has 3 amide bonds. The van der Waals surface area contributed by atoms with Gasteiger partial charge in [-0.05, 0) is 24.5 Å². The molecule has 5 N–H and O–H groups in total. The van der Waals surface area contributed by atoms with E-state index in [0.717, 1.165) is 18.5 Å². The molecule has 1 aliphatic heterocycles. The van der Waals surface area contributed by atoms with Gasteiger partial charge in [-0.15, -0.1) is 0 Å². The average molecular weight is 262 g/mol. The van der Waals surface area contributed by atoms with Crippen LogP contribution in [-0.2, 0) is 11.2 Å². The summed E-state index contributed by atoms with van der Waals surface area (Å²) in [5.74, 6) is -0.414. The molecule has 0 saturated heterocycles. The summed E-state index contributed by atoms with van der Waals surface area (Å²) < 4.78 is 0. The van der Waals surface area contributed by atoms with Crippen LogP contribution in [0.5, 0.6) is 0 Å². The van der Waals surface area contributed by atoms with Crippen LogP contribution in [0.15, 0.2) is 24.3 Å². The van der Waals surface area contributed by atoms with Gasteiger partial charge >= 0.3 is 6.03 Å². The van der Waals surface area contributed by atoms with Crippen LogP contribution in [0.4, 0.5) is 10.5 Å². The first-order valence-electron chi connectivity index (χ1n) is 6.25. The number of carbonyl (C=O) groups is 2. The summed E-state index contributed by atoms with van der Waals surface area (Å²) in [6.07, 6.45) is 1.85. The molecule has 0 aliphatic carbocycles. The highest BCUT2D eigenvalue weighted by atomic mass is 16.2. The lowest BCUT2D eigenvalue weighted by Gasteiger charge is -2.37. The number of benzene rings is 1. The van der Waals surface area contributed by atoms with Crippen molar-refractivity contribution in [3.8, 4) is 0 Å². The minimum atomic E-state index is -0.834. The molecular weight excluding hydrogens is 244 g/mol. The molecule has 0 bridgehead atoms. The van der Waals surface area contributed by atoms with Crippen molar-refractivity contribution in [3.63, 3.8) is 0 Å². The highest BCUT2D eigenvalue weighted by molar-refractivity contribution is 5.95. The number of hydrogen-bond donors (Lipinski definition) is 3. The van der Waals surface area contributed by atoms with Crippen molar-refractivity contribution >= 4 is 17.6 Å². The van der Waals surface area contributed by atoms with Crippen molar-refractivity contribution in [3.05, 3.63) is 29.8 Å². The Morgan fingerprint density at radius 1 is 1.37 bits per heavy atom. The zero-order valence-electron chi connectivity index (χ0n) is 10.6. The van der Waals surface area contributed by atoms with E-state index in [9.17, 15) is 9.59 Å². The predicted molar refractivity (Wildman–Crippen MR) is 72.7 cm³/mol. The van der Waals surface area contributed by atoms with Crippen molar-refractivity contribution in [2.24, 2.45) is 11.5 Å². The molecule has 0 aromatic heterocycles. The molecule has 2 rings (SSSR count). The summed E-state index contributed by atoms with van der Waals surface area (Å²) >= 11 is 0. The van der Waals surface area contributed by atoms with Crippen LogP contribution in [0.25, 0.3) is 0 Å². The fourth-order valence-electron chi connectivity index (χ4n) is 2.47. The molecule has 1 unspecified atom stereocenters. The number of imide groups is 1. The van der Waals surface area contributed by atoms with E-state index in [0.29, 0.717) is 6.54 Å². The van der Waals surface area contributed by atoms with E-state index in [4.69, 9.17) is 11.5 Å². The van der Waals surface area contributed by atoms with Gasteiger partial charge in [0.25, 0.3) is 0 Å². The van der Waals surface area contributed by atoms with Crippen LogP contribution < -0.4 is 21.7 Å². The molecule has 0 radical (unpaired) electrons. The summed E-state index contributed by atoms with van der Waals surface area (Å²) in [4.78, 5) is 24.3. The quantitative estimate of drug-likeness (QED) is 0.711. The maximum atomic E-state index is 11.7. The third-order valence-corrected chi connectivity index (χ3v) is 3.34. The second kappa shape index (κ2) is 5.71. The van der Waals surface area contributed by atoms with Crippen molar-refractivity contribution in [2.45, 2.75) is 18.9 Å². The Balaban J connectivity index is 2.20. The van der Waals surface area contributed by atoms with Crippen LogP contribution >= 0.6 is 0 Å². The number of para-hydroxylation sites is 1. The molecule has 1 atom stereocenters. The van der Waals surface area contributed by atoms with Crippen LogP contribution in [0.3, 0.4) is 0 Å². The maximum absolute atomic E-state index is 11.7. The predicted octanol–water partition coefficient (Wildman–Crippen LogP) is -0.0386. The van der Waals surface area contributed by atoms with Gasteiger partial charge in [0, 0.05) is 18.3 Å². The normalized spacial score (nSPS) is 17.7. The lowest BCUT2D eigenvalue weighted by molar-refractivity contribution is -0.118. The van der Waals surface area contributed by atoms with Gasteiger partial charge < -0.3 is 16.4 Å². The average Bonchev–Trinajstić information content (AvgIpc) is 2.38. The van der Waals surface area contributed by atoms with Crippen LogP contribution in [0.1, 0.15) is 12.0 Å². The Labute approximate surface area is 111 Å². The highest BCUT2D eigenvalue weighted by Gasteiger charge is 2.26. The standard InChI is InChI=1S/C13H18N4O2/c14-7-10-6-5-9-3-1-2-4-11(9)17(10)8-12(18)16-13(15)19/h1-4,10H,5-8,14H2,(H3,15,16,18,19). The maximum Gasteiger partial charge on any atom is 0.318 e. The molecule has 6 heteroatoms. The fraction of sp³-hybridized carbons (Fsp3) is 0.385. The molecule has 1 aliphatic rings. The number of fused-ring (bicyclic) bond motifs is 1. The van der Waals surface area contributed by atoms with Gasteiger partial charge in [0.1, 0.15) is 0 Å². The van der Waals surface area contributed by atoms with Crippen LogP contribution in [-0.4, -0.2) is 31.1 Å². The number of rotatable bonds is 3. The molecule has 0 fully saturated rings. The van der Waals surface area contributed by atoms with E-state index >= 15 is 0 Å². The second-order valence-corrected chi connectivity index (χ2v) is 4.60. The number of amides is 3. The SMILES string of the molecule is NCC1CCc2ccccc2N1CC(=O)NC(N)=O. The van der Waals surface area contributed by atoms with Gasteiger partial charge in [-0.2, -0.15) is 0 Å². The largest absolute Gasteiger partial charge is 0.358 e. The first-order valence-corrected chi connectivity index (χ1v) is 6.25. The Hall–Kier alpha value is -2.08. The summed E-state index contributed by atoms with van der Waals surface area (Å²) in [5, 5.41) is 2.08. The lowest BCUT2D eigenvalue weighted by atomic mass is 9.95. The molecule has 1 aromatic rings. The van der Waals surface area contributed by atoms with Gasteiger partial charge in [-0.1, -0.05) is 18.2 Å². The number of aryl methyl sites for hydroxylation is 1. The highest BCUT2D eigenvalue weighted by Crippen LogP contribution is 2.29. The van der Waals surface area contributed by atoms with E-state index in [1.165, 1.54) is 5.56 Å². The monoisotopic (exact) mass is 262 g/mol. The first-order chi connectivity index (χ1) is 9.11. The van der Waals surface area contributed by atoms with Gasteiger partial charge in [0.2, 0.25) is 5.91 Å². The van der Waals surface area contributed by atoms with Gasteiger partial charge in [-0.25, -0.2) is 4.79 Å². The number of urea groups is 1.